The van der Waals surface area contributed by atoms with E-state index < -0.39 is 4.92 Å². The van der Waals surface area contributed by atoms with Crippen molar-refractivity contribution in [3.63, 3.8) is 0 Å². The molecule has 0 N–H and O–H groups in total. The van der Waals surface area contributed by atoms with Crippen molar-refractivity contribution in [2.75, 3.05) is 0 Å². The number of aromatic nitrogens is 2. The SMILES string of the molecule is Cc1ccc(N=Nc2c(-c3cccc([N+](=O)[O-])c3)nc3ccccn23)cc1. The molecule has 0 radical (unpaired) electrons. The summed E-state index contributed by atoms with van der Waals surface area (Å²) in [4.78, 5) is 15.3. The molecule has 2 heterocycles. The quantitative estimate of drug-likeness (QED) is 0.269. The van der Waals surface area contributed by atoms with Gasteiger partial charge in [0, 0.05) is 23.9 Å². The monoisotopic (exact) mass is 357 g/mol. The van der Waals surface area contributed by atoms with E-state index in [-0.39, 0.29) is 5.69 Å². The second-order valence-electron chi connectivity index (χ2n) is 6.06. The maximum atomic E-state index is 11.1. The molecule has 4 aromatic rings. The molecule has 7 nitrogen and oxygen atoms in total. The number of nitrogens with zero attached hydrogens (tertiary/aromatic N) is 5. The molecule has 0 amide bonds. The second-order valence-corrected chi connectivity index (χ2v) is 6.06. The molecule has 0 spiro atoms. The number of nitro benzene ring substituents is 1. The van der Waals surface area contributed by atoms with Gasteiger partial charge in [-0.25, -0.2) is 4.98 Å². The molecule has 2 aromatic heterocycles. The molecule has 0 saturated heterocycles. The van der Waals surface area contributed by atoms with Crippen LogP contribution in [0.5, 0.6) is 0 Å². The first-order chi connectivity index (χ1) is 13.1. The summed E-state index contributed by atoms with van der Waals surface area (Å²) < 4.78 is 1.81. The van der Waals surface area contributed by atoms with Gasteiger partial charge in [-0.15, -0.1) is 10.2 Å². The zero-order valence-corrected chi connectivity index (χ0v) is 14.5. The Balaban J connectivity index is 1.86. The highest BCUT2D eigenvalue weighted by Crippen LogP contribution is 2.33. The number of azo groups is 1. The predicted molar refractivity (Wildman–Crippen MR) is 103 cm³/mol. The van der Waals surface area contributed by atoms with E-state index in [4.69, 9.17) is 0 Å². The lowest BCUT2D eigenvalue weighted by Gasteiger charge is -2.00. The third-order valence-corrected chi connectivity index (χ3v) is 4.13. The Labute approximate surface area is 154 Å². The Morgan fingerprint density at radius 1 is 1.00 bits per heavy atom. The molecular weight excluding hydrogens is 342 g/mol. The first-order valence-electron chi connectivity index (χ1n) is 8.32. The van der Waals surface area contributed by atoms with Crippen LogP contribution in [-0.2, 0) is 0 Å². The van der Waals surface area contributed by atoms with Gasteiger partial charge in [-0.3, -0.25) is 14.5 Å². The van der Waals surface area contributed by atoms with Crippen LogP contribution in [0.15, 0.2) is 83.2 Å². The summed E-state index contributed by atoms with van der Waals surface area (Å²) in [6.07, 6.45) is 1.84. The molecule has 0 aliphatic rings. The van der Waals surface area contributed by atoms with Gasteiger partial charge in [0.2, 0.25) is 0 Å². The van der Waals surface area contributed by atoms with Crippen LogP contribution in [0.4, 0.5) is 17.2 Å². The number of imidazole rings is 1. The zero-order valence-electron chi connectivity index (χ0n) is 14.5. The third kappa shape index (κ3) is 3.30. The van der Waals surface area contributed by atoms with Gasteiger partial charge in [0.25, 0.3) is 5.69 Å². The molecule has 7 heteroatoms. The van der Waals surface area contributed by atoms with Crippen LogP contribution in [0.25, 0.3) is 16.9 Å². The van der Waals surface area contributed by atoms with Crippen molar-refractivity contribution in [1.82, 2.24) is 9.38 Å². The second kappa shape index (κ2) is 6.80. The molecule has 0 aliphatic heterocycles. The lowest BCUT2D eigenvalue weighted by Crippen LogP contribution is -1.88. The van der Waals surface area contributed by atoms with Crippen molar-refractivity contribution >= 4 is 22.8 Å². The fourth-order valence-electron chi connectivity index (χ4n) is 2.76. The van der Waals surface area contributed by atoms with Crippen LogP contribution < -0.4 is 0 Å². The number of hydrogen-bond acceptors (Lipinski definition) is 5. The normalized spacial score (nSPS) is 11.3. The third-order valence-electron chi connectivity index (χ3n) is 4.13. The minimum Gasteiger partial charge on any atom is -0.283 e. The molecule has 0 aliphatic carbocycles. The van der Waals surface area contributed by atoms with E-state index in [0.29, 0.717) is 22.7 Å². The number of benzene rings is 2. The van der Waals surface area contributed by atoms with Crippen molar-refractivity contribution in [2.24, 2.45) is 10.2 Å². The fraction of sp³-hybridized carbons (Fsp3) is 0.0500. The first-order valence-corrected chi connectivity index (χ1v) is 8.32. The summed E-state index contributed by atoms with van der Waals surface area (Å²) in [5, 5.41) is 19.8. The molecule has 0 atom stereocenters. The summed E-state index contributed by atoms with van der Waals surface area (Å²) in [6.45, 7) is 2.01. The smallest absolute Gasteiger partial charge is 0.270 e. The van der Waals surface area contributed by atoms with Gasteiger partial charge < -0.3 is 0 Å². The van der Waals surface area contributed by atoms with Gasteiger partial charge in [0.1, 0.15) is 11.3 Å². The van der Waals surface area contributed by atoms with Crippen molar-refractivity contribution in [3.05, 3.63) is 88.6 Å². The zero-order chi connectivity index (χ0) is 18.8. The van der Waals surface area contributed by atoms with Gasteiger partial charge in [-0.1, -0.05) is 35.9 Å². The van der Waals surface area contributed by atoms with Gasteiger partial charge in [0.15, 0.2) is 5.82 Å². The number of rotatable bonds is 4. The van der Waals surface area contributed by atoms with Gasteiger partial charge >= 0.3 is 0 Å². The van der Waals surface area contributed by atoms with E-state index in [1.165, 1.54) is 12.1 Å². The summed E-state index contributed by atoms with van der Waals surface area (Å²) in [7, 11) is 0. The minimum atomic E-state index is -0.424. The summed E-state index contributed by atoms with van der Waals surface area (Å²) in [6, 6.07) is 19.7. The highest BCUT2D eigenvalue weighted by Gasteiger charge is 2.16. The number of pyridine rings is 1. The highest BCUT2D eigenvalue weighted by atomic mass is 16.6. The van der Waals surface area contributed by atoms with Crippen molar-refractivity contribution in [2.45, 2.75) is 6.92 Å². The molecule has 0 unspecified atom stereocenters. The van der Waals surface area contributed by atoms with E-state index in [1.807, 2.05) is 60.0 Å². The highest BCUT2D eigenvalue weighted by molar-refractivity contribution is 5.75. The lowest BCUT2D eigenvalue weighted by molar-refractivity contribution is -0.384. The van der Waals surface area contributed by atoms with Crippen molar-refractivity contribution in [1.29, 1.82) is 0 Å². The Morgan fingerprint density at radius 2 is 1.81 bits per heavy atom. The van der Waals surface area contributed by atoms with Crippen LogP contribution in [0.3, 0.4) is 0 Å². The standard InChI is InChI=1S/C20H15N5O2/c1-14-8-10-16(11-9-14)22-23-20-19(21-18-7-2-3-12-24(18)20)15-5-4-6-17(13-15)25(26)27/h2-13H,1H3. The summed E-state index contributed by atoms with van der Waals surface area (Å²) in [5.41, 5.74) is 3.71. The van der Waals surface area contributed by atoms with E-state index in [9.17, 15) is 10.1 Å². The Kier molecular flexibility index (Phi) is 4.18. The first kappa shape index (κ1) is 16.6. The summed E-state index contributed by atoms with van der Waals surface area (Å²) in [5.74, 6) is 0.520. The molecule has 4 rings (SSSR count). The molecule has 0 saturated carbocycles. The Bertz CT molecular complexity index is 1160. The largest absolute Gasteiger partial charge is 0.283 e. The van der Waals surface area contributed by atoms with Gasteiger partial charge in [0.05, 0.1) is 10.6 Å². The molecule has 0 bridgehead atoms. The van der Waals surface area contributed by atoms with Gasteiger partial charge in [-0.2, -0.15) is 0 Å². The van der Waals surface area contributed by atoms with Crippen molar-refractivity contribution < 1.29 is 4.92 Å². The van der Waals surface area contributed by atoms with Crippen LogP contribution in [0, 0.1) is 17.0 Å². The van der Waals surface area contributed by atoms with Crippen LogP contribution in [0.2, 0.25) is 0 Å². The van der Waals surface area contributed by atoms with Crippen molar-refractivity contribution in [3.8, 4) is 11.3 Å². The van der Waals surface area contributed by atoms with E-state index >= 15 is 0 Å². The molecule has 27 heavy (non-hydrogen) atoms. The summed E-state index contributed by atoms with van der Waals surface area (Å²) >= 11 is 0. The van der Waals surface area contributed by atoms with E-state index in [0.717, 1.165) is 11.3 Å². The average molecular weight is 357 g/mol. The van der Waals surface area contributed by atoms with Gasteiger partial charge in [-0.05, 0) is 31.2 Å². The topological polar surface area (TPSA) is 85.2 Å². The minimum absolute atomic E-state index is 0.00554. The van der Waals surface area contributed by atoms with E-state index in [2.05, 4.69) is 15.2 Å². The number of hydrogen-bond donors (Lipinski definition) is 0. The maximum Gasteiger partial charge on any atom is 0.270 e. The fourth-order valence-corrected chi connectivity index (χ4v) is 2.76. The predicted octanol–water partition coefficient (Wildman–Crippen LogP) is 5.63. The molecule has 132 valence electrons. The van der Waals surface area contributed by atoms with Crippen LogP contribution >= 0.6 is 0 Å². The number of non-ortho nitro benzene ring substituents is 1. The lowest BCUT2D eigenvalue weighted by atomic mass is 10.1. The molecule has 0 fully saturated rings. The Morgan fingerprint density at radius 3 is 2.59 bits per heavy atom. The van der Waals surface area contributed by atoms with Crippen LogP contribution in [-0.4, -0.2) is 14.3 Å². The van der Waals surface area contributed by atoms with Crippen LogP contribution in [0.1, 0.15) is 5.56 Å². The van der Waals surface area contributed by atoms with E-state index in [1.54, 1.807) is 12.1 Å². The average Bonchev–Trinajstić information content (AvgIpc) is 3.06. The molecular formula is C20H15N5O2. The number of fused-ring (bicyclic) bond motifs is 1. The number of nitro groups is 1. The molecule has 2 aromatic carbocycles. The maximum absolute atomic E-state index is 11.1. The number of aryl methyl sites for hydroxylation is 1. The Hall–Kier alpha value is -3.87.